The standard InChI is InChI=1S/2C24H36OP.H2O4S/c2*1-5-7-18-26(22-14-10-8-11-15-22,23-16-12-9-13-17-23)19-21(6-2)24(25)20(3)4;1-5(2,3)4/h2*8-17,20-21,24-25H,5-7,18-19H2,1-4H3;(H2,1,2,3,4)/q2*+1;/p-2. The molecule has 0 aliphatic heterocycles. The number of hydrogen-bond donors (Lipinski definition) is 2. The fourth-order valence-corrected chi connectivity index (χ4v) is 18.0. The normalized spacial score (nSPS) is 14.1. The Kier molecular flexibility index (Phi) is 23.0. The summed E-state index contributed by atoms with van der Waals surface area (Å²) < 4.78 is 34.1. The molecule has 4 unspecified atom stereocenters. The topological polar surface area (TPSA) is 121 Å². The van der Waals surface area contributed by atoms with Gasteiger partial charge in [-0.15, -0.1) is 0 Å². The van der Waals surface area contributed by atoms with Crippen LogP contribution >= 0.6 is 14.5 Å². The number of rotatable bonds is 20. The lowest BCUT2D eigenvalue weighted by Crippen LogP contribution is -2.36. The van der Waals surface area contributed by atoms with Gasteiger partial charge in [0.2, 0.25) is 0 Å². The van der Waals surface area contributed by atoms with Crippen molar-refractivity contribution in [1.82, 2.24) is 0 Å². The molecular formula is C48H72O6P2S. The summed E-state index contributed by atoms with van der Waals surface area (Å²) in [5, 5.41) is 27.8. The third-order valence-electron chi connectivity index (χ3n) is 11.3. The molecule has 0 aliphatic rings. The van der Waals surface area contributed by atoms with E-state index >= 15 is 0 Å². The van der Waals surface area contributed by atoms with Crippen LogP contribution in [-0.4, -0.2) is 64.6 Å². The summed E-state index contributed by atoms with van der Waals surface area (Å²) in [7, 11) is -8.25. The fraction of sp³-hybridized carbons (Fsp3) is 0.500. The summed E-state index contributed by atoms with van der Waals surface area (Å²) in [6.07, 6.45) is 11.2. The monoisotopic (exact) mass is 838 g/mol. The number of aliphatic hydroxyl groups excluding tert-OH is 2. The largest absolute Gasteiger partial charge is 0.759 e. The smallest absolute Gasteiger partial charge is 0.0991 e. The molecule has 0 spiro atoms. The zero-order valence-electron chi connectivity index (χ0n) is 35.9. The number of unbranched alkanes of at least 4 members (excludes halogenated alkanes) is 2. The van der Waals surface area contributed by atoms with Gasteiger partial charge in [0, 0.05) is 22.2 Å². The van der Waals surface area contributed by atoms with Crippen LogP contribution in [-0.2, 0) is 10.4 Å². The van der Waals surface area contributed by atoms with Crippen LogP contribution in [0.2, 0.25) is 0 Å². The highest BCUT2D eigenvalue weighted by Gasteiger charge is 2.46. The molecule has 0 saturated carbocycles. The maximum absolute atomic E-state index is 10.9. The van der Waals surface area contributed by atoms with Crippen molar-refractivity contribution in [3.8, 4) is 0 Å². The minimum absolute atomic E-state index is 0.228. The Labute approximate surface area is 348 Å². The molecule has 4 aromatic carbocycles. The van der Waals surface area contributed by atoms with Crippen LogP contribution in [0.5, 0.6) is 0 Å². The van der Waals surface area contributed by atoms with Crippen LogP contribution in [0.3, 0.4) is 0 Å². The Morgan fingerprint density at radius 2 is 0.719 bits per heavy atom. The molecule has 0 amide bonds. The van der Waals surface area contributed by atoms with Crippen molar-refractivity contribution in [3.63, 3.8) is 0 Å². The third kappa shape index (κ3) is 16.2. The quantitative estimate of drug-likeness (QED) is 0.0520. The average molecular weight is 839 g/mol. The second kappa shape index (κ2) is 25.9. The van der Waals surface area contributed by atoms with E-state index in [-0.39, 0.29) is 12.2 Å². The lowest BCUT2D eigenvalue weighted by Gasteiger charge is -2.33. The number of hydrogen-bond acceptors (Lipinski definition) is 6. The summed E-state index contributed by atoms with van der Waals surface area (Å²) in [4.78, 5) is 0. The highest BCUT2D eigenvalue weighted by Crippen LogP contribution is 2.60. The molecule has 57 heavy (non-hydrogen) atoms. The Morgan fingerprint density at radius 1 is 0.491 bits per heavy atom. The lowest BCUT2D eigenvalue weighted by molar-refractivity contribution is 0.0721. The molecule has 2 N–H and O–H groups in total. The van der Waals surface area contributed by atoms with Gasteiger partial charge < -0.3 is 19.3 Å². The zero-order chi connectivity index (χ0) is 42.5. The van der Waals surface area contributed by atoms with Crippen molar-refractivity contribution in [2.24, 2.45) is 23.7 Å². The minimum atomic E-state index is -5.17. The molecule has 4 rings (SSSR count). The molecule has 4 atom stereocenters. The first-order valence-electron chi connectivity index (χ1n) is 21.1. The number of aliphatic hydroxyl groups is 2. The van der Waals surface area contributed by atoms with Crippen molar-refractivity contribution < 1.29 is 27.7 Å². The van der Waals surface area contributed by atoms with Gasteiger partial charge in [0.05, 0.1) is 72.6 Å². The molecule has 4 aromatic rings. The van der Waals surface area contributed by atoms with E-state index in [1.807, 2.05) is 0 Å². The summed E-state index contributed by atoms with van der Waals surface area (Å²) in [6.45, 7) is 17.6. The predicted octanol–water partition coefficient (Wildman–Crippen LogP) is 9.66. The van der Waals surface area contributed by atoms with Crippen molar-refractivity contribution in [2.75, 3.05) is 24.6 Å². The molecule has 0 saturated heterocycles. The first-order valence-corrected chi connectivity index (χ1v) is 26.7. The highest BCUT2D eigenvalue weighted by atomic mass is 32.3. The molecule has 0 radical (unpaired) electrons. The van der Waals surface area contributed by atoms with E-state index < -0.39 is 24.9 Å². The maximum atomic E-state index is 10.9. The minimum Gasteiger partial charge on any atom is -0.759 e. The molecule has 0 fully saturated rings. The summed E-state index contributed by atoms with van der Waals surface area (Å²) in [5.41, 5.74) is 0. The van der Waals surface area contributed by atoms with Crippen molar-refractivity contribution >= 4 is 46.1 Å². The molecule has 9 heteroatoms. The second-order valence-corrected chi connectivity index (χ2v) is 24.4. The van der Waals surface area contributed by atoms with Gasteiger partial charge in [-0.05, 0) is 86.1 Å². The predicted molar refractivity (Wildman–Crippen MR) is 247 cm³/mol. The van der Waals surface area contributed by atoms with Crippen molar-refractivity contribution in [1.29, 1.82) is 0 Å². The Hall–Kier alpha value is -2.47. The van der Waals surface area contributed by atoms with Gasteiger partial charge in [-0.2, -0.15) is 0 Å². The van der Waals surface area contributed by atoms with Gasteiger partial charge in [-0.3, -0.25) is 8.42 Å². The first-order chi connectivity index (χ1) is 27.1. The van der Waals surface area contributed by atoms with E-state index in [1.165, 1.54) is 59.2 Å². The fourth-order valence-electron chi connectivity index (χ4n) is 7.97. The van der Waals surface area contributed by atoms with E-state index in [2.05, 4.69) is 177 Å². The molecule has 0 bridgehead atoms. The molecule has 0 aliphatic carbocycles. The van der Waals surface area contributed by atoms with Crippen LogP contribution in [0.25, 0.3) is 0 Å². The van der Waals surface area contributed by atoms with Crippen molar-refractivity contribution in [2.45, 2.75) is 106 Å². The Bertz CT molecular complexity index is 1520. The third-order valence-corrected chi connectivity index (χ3v) is 20.8. The summed E-state index contributed by atoms with van der Waals surface area (Å²) in [6, 6.07) is 44.5. The first kappa shape index (κ1) is 50.7. The molecule has 0 aromatic heterocycles. The highest BCUT2D eigenvalue weighted by molar-refractivity contribution is 7.90. The summed E-state index contributed by atoms with van der Waals surface area (Å²) >= 11 is 0. The van der Waals surface area contributed by atoms with Crippen LogP contribution in [0, 0.1) is 23.7 Å². The average Bonchev–Trinajstić information content (AvgIpc) is 3.22. The maximum Gasteiger partial charge on any atom is 0.0991 e. The Morgan fingerprint density at radius 3 is 0.895 bits per heavy atom. The second-order valence-electron chi connectivity index (χ2n) is 16.0. The van der Waals surface area contributed by atoms with Gasteiger partial charge in [0.25, 0.3) is 0 Å². The van der Waals surface area contributed by atoms with E-state index in [4.69, 9.17) is 17.5 Å². The molecular weight excluding hydrogens is 767 g/mol. The van der Waals surface area contributed by atoms with Gasteiger partial charge >= 0.3 is 0 Å². The van der Waals surface area contributed by atoms with Gasteiger partial charge in [0.1, 0.15) is 0 Å². The van der Waals surface area contributed by atoms with E-state index in [9.17, 15) is 10.2 Å². The SMILES string of the molecule is CCCC[P+](CC(CC)C(O)C(C)C)(c1ccccc1)c1ccccc1.CCCC[P+](CC(CC)C(O)C(C)C)(c1ccccc1)c1ccccc1.O=S(=O)([O-])[O-]. The Balaban J connectivity index is 0.000000352. The molecule has 0 heterocycles. The van der Waals surface area contributed by atoms with Crippen LogP contribution in [0.4, 0.5) is 0 Å². The van der Waals surface area contributed by atoms with E-state index in [0.717, 1.165) is 25.2 Å². The van der Waals surface area contributed by atoms with Crippen molar-refractivity contribution in [3.05, 3.63) is 121 Å². The van der Waals surface area contributed by atoms with Gasteiger partial charge in [0.15, 0.2) is 0 Å². The van der Waals surface area contributed by atoms with Gasteiger partial charge in [-0.1, -0.05) is 141 Å². The van der Waals surface area contributed by atoms with E-state index in [0.29, 0.717) is 23.7 Å². The number of benzene rings is 4. The molecule has 316 valence electrons. The van der Waals surface area contributed by atoms with Gasteiger partial charge in [-0.25, -0.2) is 0 Å². The lowest BCUT2D eigenvalue weighted by atomic mass is 9.93. The van der Waals surface area contributed by atoms with E-state index in [1.54, 1.807) is 0 Å². The van der Waals surface area contributed by atoms with Crippen LogP contribution < -0.4 is 21.2 Å². The van der Waals surface area contributed by atoms with Crippen LogP contribution in [0.15, 0.2) is 121 Å². The molecule has 6 nitrogen and oxygen atoms in total. The zero-order valence-corrected chi connectivity index (χ0v) is 38.5. The summed E-state index contributed by atoms with van der Waals surface area (Å²) in [5.74, 6) is 1.31. The van der Waals surface area contributed by atoms with Crippen LogP contribution in [0.1, 0.15) is 93.9 Å².